The van der Waals surface area contributed by atoms with Crippen LogP contribution in [-0.4, -0.2) is 38.2 Å². The first-order valence-electron chi connectivity index (χ1n) is 8.53. The van der Waals surface area contributed by atoms with Gasteiger partial charge in [0.2, 0.25) is 5.91 Å². The summed E-state index contributed by atoms with van der Waals surface area (Å²) < 4.78 is 10.5. The lowest BCUT2D eigenvalue weighted by Crippen LogP contribution is -2.45. The molecule has 3 rings (SSSR count). The summed E-state index contributed by atoms with van der Waals surface area (Å²) in [5.74, 6) is 0.276. The summed E-state index contributed by atoms with van der Waals surface area (Å²) in [6, 6.07) is 15.3. The van der Waals surface area contributed by atoms with Crippen LogP contribution in [0.1, 0.15) is 12.5 Å². The molecule has 0 aromatic heterocycles. The Balaban J connectivity index is 1.79. The van der Waals surface area contributed by atoms with Crippen LogP contribution in [0.3, 0.4) is 0 Å². The molecule has 0 spiro atoms. The molecule has 6 nitrogen and oxygen atoms in total. The van der Waals surface area contributed by atoms with Gasteiger partial charge in [0.1, 0.15) is 12.4 Å². The number of hydrogen-bond donors (Lipinski definition) is 1. The Morgan fingerprint density at radius 3 is 2.73 bits per heavy atom. The number of benzene rings is 2. The highest BCUT2D eigenvalue weighted by atomic mass is 16.5. The van der Waals surface area contributed by atoms with Crippen molar-refractivity contribution in [3.63, 3.8) is 0 Å². The molecule has 6 heteroatoms. The van der Waals surface area contributed by atoms with Crippen molar-refractivity contribution in [1.82, 2.24) is 0 Å². The number of ether oxygens (including phenoxy) is 2. The Morgan fingerprint density at radius 2 is 2.00 bits per heavy atom. The molecule has 1 atom stereocenters. The van der Waals surface area contributed by atoms with Gasteiger partial charge in [-0.05, 0) is 31.0 Å². The Kier molecular flexibility index (Phi) is 5.53. The van der Waals surface area contributed by atoms with Crippen molar-refractivity contribution in [1.29, 1.82) is 0 Å². The lowest BCUT2D eigenvalue weighted by atomic mass is 10.1. The fourth-order valence-corrected chi connectivity index (χ4v) is 2.93. The minimum atomic E-state index is -0.566. The summed E-state index contributed by atoms with van der Waals surface area (Å²) >= 11 is 0. The molecule has 0 aliphatic carbocycles. The average Bonchev–Trinajstić information content (AvgIpc) is 2.63. The standard InChI is InChI=1S/C20H22N2O4/c1-14-20(24)22(11-10-15-6-4-3-5-7-15)17-9-8-16(12-18(17)26-14)21-19(23)13-25-2/h3-9,12,14H,10-11,13H2,1-2H3,(H,21,23). The topological polar surface area (TPSA) is 67.9 Å². The summed E-state index contributed by atoms with van der Waals surface area (Å²) in [6.07, 6.45) is 0.189. The number of carbonyl (C=O) groups excluding carboxylic acids is 2. The highest BCUT2D eigenvalue weighted by Crippen LogP contribution is 2.36. The maximum absolute atomic E-state index is 12.6. The third kappa shape index (κ3) is 4.03. The third-order valence-corrected chi connectivity index (χ3v) is 4.19. The predicted octanol–water partition coefficient (Wildman–Crippen LogP) is 2.63. The molecule has 1 aliphatic heterocycles. The van der Waals surface area contributed by atoms with E-state index in [1.165, 1.54) is 12.7 Å². The van der Waals surface area contributed by atoms with Crippen LogP contribution >= 0.6 is 0 Å². The molecule has 0 radical (unpaired) electrons. The van der Waals surface area contributed by atoms with Crippen molar-refractivity contribution in [3.8, 4) is 5.75 Å². The van der Waals surface area contributed by atoms with E-state index in [0.29, 0.717) is 23.7 Å². The summed E-state index contributed by atoms with van der Waals surface area (Å²) in [6.45, 7) is 2.28. The summed E-state index contributed by atoms with van der Waals surface area (Å²) in [5, 5.41) is 2.74. The normalized spacial score (nSPS) is 16.0. The predicted molar refractivity (Wildman–Crippen MR) is 99.5 cm³/mol. The van der Waals surface area contributed by atoms with Crippen molar-refractivity contribution in [2.75, 3.05) is 30.5 Å². The van der Waals surface area contributed by atoms with E-state index in [1.54, 1.807) is 30.0 Å². The number of nitrogens with one attached hydrogen (secondary N) is 1. The van der Waals surface area contributed by atoms with E-state index >= 15 is 0 Å². The fraction of sp³-hybridized carbons (Fsp3) is 0.300. The summed E-state index contributed by atoms with van der Waals surface area (Å²) in [4.78, 5) is 26.0. The second-order valence-electron chi connectivity index (χ2n) is 6.15. The van der Waals surface area contributed by atoms with E-state index in [2.05, 4.69) is 5.32 Å². The van der Waals surface area contributed by atoms with Crippen LogP contribution in [0.2, 0.25) is 0 Å². The molecule has 0 saturated heterocycles. The molecule has 0 bridgehead atoms. The summed E-state index contributed by atoms with van der Waals surface area (Å²) in [5.41, 5.74) is 2.49. The number of hydrogen-bond acceptors (Lipinski definition) is 4. The first-order chi connectivity index (χ1) is 12.6. The molecular formula is C20H22N2O4. The molecule has 1 aliphatic rings. The van der Waals surface area contributed by atoms with Crippen LogP contribution in [0.5, 0.6) is 5.75 Å². The van der Waals surface area contributed by atoms with Gasteiger partial charge in [-0.3, -0.25) is 9.59 Å². The van der Waals surface area contributed by atoms with Crippen molar-refractivity contribution in [2.24, 2.45) is 0 Å². The average molecular weight is 354 g/mol. The number of fused-ring (bicyclic) bond motifs is 1. The van der Waals surface area contributed by atoms with Gasteiger partial charge in [-0.15, -0.1) is 0 Å². The van der Waals surface area contributed by atoms with Gasteiger partial charge in [-0.1, -0.05) is 30.3 Å². The maximum atomic E-state index is 12.6. The zero-order chi connectivity index (χ0) is 18.5. The molecule has 1 N–H and O–H groups in total. The van der Waals surface area contributed by atoms with E-state index in [-0.39, 0.29) is 18.4 Å². The Morgan fingerprint density at radius 1 is 1.23 bits per heavy atom. The molecule has 2 aromatic rings. The van der Waals surface area contributed by atoms with Crippen molar-refractivity contribution >= 4 is 23.2 Å². The van der Waals surface area contributed by atoms with E-state index in [4.69, 9.17) is 9.47 Å². The van der Waals surface area contributed by atoms with Crippen LogP contribution in [0, 0.1) is 0 Å². The number of rotatable bonds is 6. The molecule has 0 fully saturated rings. The molecule has 0 saturated carbocycles. The van der Waals surface area contributed by atoms with Crippen molar-refractivity contribution < 1.29 is 19.1 Å². The smallest absolute Gasteiger partial charge is 0.267 e. The SMILES string of the molecule is COCC(=O)Nc1ccc2c(c1)OC(C)C(=O)N2CCc1ccccc1. The number of carbonyl (C=O) groups is 2. The van der Waals surface area contributed by atoms with Crippen LogP contribution < -0.4 is 15.0 Å². The highest BCUT2D eigenvalue weighted by Gasteiger charge is 2.31. The molecule has 1 unspecified atom stereocenters. The van der Waals surface area contributed by atoms with Gasteiger partial charge in [0.15, 0.2) is 6.10 Å². The Labute approximate surface area is 152 Å². The first kappa shape index (κ1) is 17.9. The number of methoxy groups -OCH3 is 1. The van der Waals surface area contributed by atoms with E-state index in [9.17, 15) is 9.59 Å². The number of amides is 2. The summed E-state index contributed by atoms with van der Waals surface area (Å²) in [7, 11) is 1.47. The molecule has 2 aromatic carbocycles. The van der Waals surface area contributed by atoms with Crippen LogP contribution in [-0.2, 0) is 20.7 Å². The Bertz CT molecular complexity index is 792. The second-order valence-corrected chi connectivity index (χ2v) is 6.15. The van der Waals surface area contributed by atoms with Crippen LogP contribution in [0.4, 0.5) is 11.4 Å². The zero-order valence-corrected chi connectivity index (χ0v) is 14.9. The van der Waals surface area contributed by atoms with Gasteiger partial charge in [0.05, 0.1) is 5.69 Å². The Hall–Kier alpha value is -2.86. The largest absolute Gasteiger partial charge is 0.479 e. The van der Waals surface area contributed by atoms with Gasteiger partial charge in [-0.2, -0.15) is 0 Å². The fourth-order valence-electron chi connectivity index (χ4n) is 2.93. The van der Waals surface area contributed by atoms with E-state index in [0.717, 1.165) is 6.42 Å². The van der Waals surface area contributed by atoms with Gasteiger partial charge < -0.3 is 19.7 Å². The second kappa shape index (κ2) is 8.01. The zero-order valence-electron chi connectivity index (χ0n) is 14.9. The highest BCUT2D eigenvalue weighted by molar-refractivity contribution is 6.00. The van der Waals surface area contributed by atoms with Gasteiger partial charge >= 0.3 is 0 Å². The lowest BCUT2D eigenvalue weighted by Gasteiger charge is -2.33. The van der Waals surface area contributed by atoms with Gasteiger partial charge in [0, 0.05) is 25.4 Å². The quantitative estimate of drug-likeness (QED) is 0.866. The van der Waals surface area contributed by atoms with Gasteiger partial charge in [-0.25, -0.2) is 0 Å². The van der Waals surface area contributed by atoms with E-state index in [1.807, 2.05) is 30.3 Å². The van der Waals surface area contributed by atoms with Crippen molar-refractivity contribution in [3.05, 3.63) is 54.1 Å². The molecular weight excluding hydrogens is 332 g/mol. The lowest BCUT2D eigenvalue weighted by molar-refractivity contribution is -0.125. The van der Waals surface area contributed by atoms with Crippen LogP contribution in [0.25, 0.3) is 0 Å². The molecule has 26 heavy (non-hydrogen) atoms. The van der Waals surface area contributed by atoms with Crippen LogP contribution in [0.15, 0.2) is 48.5 Å². The minimum Gasteiger partial charge on any atom is -0.479 e. The maximum Gasteiger partial charge on any atom is 0.267 e. The minimum absolute atomic E-state index is 0.0178. The third-order valence-electron chi connectivity index (χ3n) is 4.19. The monoisotopic (exact) mass is 354 g/mol. The first-order valence-corrected chi connectivity index (χ1v) is 8.53. The number of nitrogens with zero attached hydrogens (tertiary/aromatic N) is 1. The molecule has 1 heterocycles. The van der Waals surface area contributed by atoms with Gasteiger partial charge in [0.25, 0.3) is 5.91 Å². The molecule has 136 valence electrons. The van der Waals surface area contributed by atoms with E-state index < -0.39 is 6.10 Å². The van der Waals surface area contributed by atoms with Crippen molar-refractivity contribution in [2.45, 2.75) is 19.4 Å². The number of anilines is 2. The molecule has 2 amide bonds.